The summed E-state index contributed by atoms with van der Waals surface area (Å²) in [5.41, 5.74) is 3.07. The van der Waals surface area contributed by atoms with Crippen LogP contribution >= 0.6 is 0 Å². The predicted molar refractivity (Wildman–Crippen MR) is 128 cm³/mol. The van der Waals surface area contributed by atoms with E-state index in [4.69, 9.17) is 14.0 Å². The molecule has 1 aliphatic heterocycles. The van der Waals surface area contributed by atoms with E-state index in [0.29, 0.717) is 13.2 Å². The van der Waals surface area contributed by atoms with Crippen molar-refractivity contribution in [1.29, 1.82) is 0 Å². The second kappa shape index (κ2) is 9.44. The van der Waals surface area contributed by atoms with Crippen LogP contribution < -0.4 is 15.5 Å². The minimum Gasteiger partial charge on any atom is -0.508 e. The molecule has 1 aliphatic rings. The van der Waals surface area contributed by atoms with E-state index in [1.54, 1.807) is 24.3 Å². The van der Waals surface area contributed by atoms with Gasteiger partial charge >= 0.3 is 7.12 Å². The number of ether oxygens (including phenoxy) is 1. The number of aliphatic hydroxyl groups excluding tert-OH is 1. The van der Waals surface area contributed by atoms with Gasteiger partial charge in [0.15, 0.2) is 0 Å². The van der Waals surface area contributed by atoms with Crippen LogP contribution in [0.25, 0.3) is 0 Å². The lowest BCUT2D eigenvalue weighted by Crippen LogP contribution is -2.41. The Morgan fingerprint density at radius 3 is 2.06 bits per heavy atom. The van der Waals surface area contributed by atoms with E-state index in [9.17, 15) is 10.2 Å². The first kappa shape index (κ1) is 24.6. The molecule has 1 heterocycles. The van der Waals surface area contributed by atoms with Gasteiger partial charge in [-0.05, 0) is 82.8 Å². The van der Waals surface area contributed by atoms with E-state index < -0.39 is 13.2 Å². The summed E-state index contributed by atoms with van der Waals surface area (Å²) in [6.45, 7) is 15.3. The summed E-state index contributed by atoms with van der Waals surface area (Å²) in [6, 6.07) is 10.6. The average molecular weight is 441 g/mol. The van der Waals surface area contributed by atoms with Crippen molar-refractivity contribution >= 4 is 12.6 Å². The first-order valence-electron chi connectivity index (χ1n) is 11.2. The van der Waals surface area contributed by atoms with Crippen molar-refractivity contribution in [3.05, 3.63) is 53.1 Å². The number of aromatic hydroxyl groups is 1. The van der Waals surface area contributed by atoms with Crippen LogP contribution in [0.3, 0.4) is 0 Å². The summed E-state index contributed by atoms with van der Waals surface area (Å²) < 4.78 is 18.4. The molecule has 2 aromatic carbocycles. The second-order valence-corrected chi connectivity index (χ2v) is 9.70. The smallest absolute Gasteiger partial charge is 0.494 e. The highest BCUT2D eigenvalue weighted by molar-refractivity contribution is 6.62. The Kier molecular flexibility index (Phi) is 7.25. The number of phenols is 1. The van der Waals surface area contributed by atoms with E-state index >= 15 is 0 Å². The van der Waals surface area contributed by atoms with Gasteiger partial charge in [-0.25, -0.2) is 0 Å². The molecule has 0 spiro atoms. The number of phenolic OH excluding ortho intramolecular Hbond substituents is 1. The molecule has 174 valence electrons. The van der Waals surface area contributed by atoms with Gasteiger partial charge in [-0.15, -0.1) is 0 Å². The Morgan fingerprint density at radius 1 is 1.00 bits per heavy atom. The normalized spacial score (nSPS) is 19.1. The van der Waals surface area contributed by atoms with Crippen LogP contribution in [0.1, 0.15) is 57.4 Å². The van der Waals surface area contributed by atoms with Crippen molar-refractivity contribution in [3.8, 4) is 11.5 Å². The molecule has 0 saturated carbocycles. The zero-order valence-electron chi connectivity index (χ0n) is 20.2. The highest BCUT2D eigenvalue weighted by Crippen LogP contribution is 2.37. The van der Waals surface area contributed by atoms with Crippen LogP contribution in [0.15, 0.2) is 36.4 Å². The van der Waals surface area contributed by atoms with Crippen LogP contribution in [0, 0.1) is 13.8 Å². The van der Waals surface area contributed by atoms with E-state index in [2.05, 4.69) is 45.1 Å². The van der Waals surface area contributed by atoms with Crippen LogP contribution in [0.2, 0.25) is 0 Å². The van der Waals surface area contributed by atoms with E-state index in [-0.39, 0.29) is 23.0 Å². The largest absolute Gasteiger partial charge is 0.508 e. The SMILES string of the molecule is Cc1cc(B2OC(C)(C)C(C)(C)O2)cc(C)c1OCCN[C@@H](C)[C@H](O)c1ccc(O)cc1. The van der Waals surface area contributed by atoms with Crippen LogP contribution in [-0.2, 0) is 9.31 Å². The summed E-state index contributed by atoms with van der Waals surface area (Å²) in [5, 5.41) is 23.2. The standard InChI is InChI=1S/C25H36BNO5/c1-16-14-20(26-31-24(4,5)25(6,7)32-26)15-17(2)23(16)30-13-12-27-18(3)22(29)19-8-10-21(28)11-9-19/h8-11,14-15,18,22,27-29H,12-13H2,1-7H3/t18-,22-/m0/s1. The van der Waals surface area contributed by atoms with Crippen molar-refractivity contribution in [2.24, 2.45) is 0 Å². The lowest BCUT2D eigenvalue weighted by molar-refractivity contribution is 0.00578. The molecule has 1 fully saturated rings. The van der Waals surface area contributed by atoms with Gasteiger partial charge in [0.1, 0.15) is 18.1 Å². The third-order valence-electron chi connectivity index (χ3n) is 6.53. The number of benzene rings is 2. The Bertz CT molecular complexity index is 889. The maximum absolute atomic E-state index is 10.5. The van der Waals surface area contributed by atoms with Gasteiger partial charge < -0.3 is 29.6 Å². The summed E-state index contributed by atoms with van der Waals surface area (Å²) in [6.07, 6.45) is -0.668. The fraction of sp³-hybridized carbons (Fsp3) is 0.520. The molecule has 6 nitrogen and oxygen atoms in total. The molecule has 0 amide bonds. The number of aryl methyl sites for hydroxylation is 2. The molecule has 2 aromatic rings. The van der Waals surface area contributed by atoms with Crippen LogP contribution in [0.5, 0.6) is 11.5 Å². The van der Waals surface area contributed by atoms with E-state index in [1.165, 1.54) is 0 Å². The molecule has 0 aliphatic carbocycles. The summed E-state index contributed by atoms with van der Waals surface area (Å²) >= 11 is 0. The molecule has 2 atom stereocenters. The fourth-order valence-electron chi connectivity index (χ4n) is 3.84. The Balaban J connectivity index is 1.55. The van der Waals surface area contributed by atoms with Crippen LogP contribution in [0.4, 0.5) is 0 Å². The number of hydrogen-bond acceptors (Lipinski definition) is 6. The minimum absolute atomic E-state index is 0.156. The summed E-state index contributed by atoms with van der Waals surface area (Å²) in [7, 11) is -0.393. The van der Waals surface area contributed by atoms with Crippen molar-refractivity contribution in [1.82, 2.24) is 5.32 Å². The highest BCUT2D eigenvalue weighted by atomic mass is 16.7. The average Bonchev–Trinajstić information content (AvgIpc) is 2.93. The molecular weight excluding hydrogens is 405 g/mol. The quantitative estimate of drug-likeness (QED) is 0.431. The maximum atomic E-state index is 10.5. The maximum Gasteiger partial charge on any atom is 0.494 e. The zero-order valence-corrected chi connectivity index (χ0v) is 20.2. The number of aliphatic hydroxyl groups is 1. The molecule has 0 bridgehead atoms. The lowest BCUT2D eigenvalue weighted by Gasteiger charge is -2.32. The predicted octanol–water partition coefficient (Wildman–Crippen LogP) is 3.40. The number of rotatable bonds is 8. The van der Waals surface area contributed by atoms with E-state index in [0.717, 1.165) is 27.9 Å². The molecule has 3 rings (SSSR count). The zero-order chi connectivity index (χ0) is 23.7. The first-order valence-corrected chi connectivity index (χ1v) is 11.2. The third-order valence-corrected chi connectivity index (χ3v) is 6.53. The highest BCUT2D eigenvalue weighted by Gasteiger charge is 2.51. The van der Waals surface area contributed by atoms with Gasteiger partial charge in [0, 0.05) is 12.6 Å². The van der Waals surface area contributed by atoms with Crippen molar-refractivity contribution in [2.75, 3.05) is 13.2 Å². The molecule has 7 heteroatoms. The van der Waals surface area contributed by atoms with E-state index in [1.807, 2.05) is 20.8 Å². The van der Waals surface area contributed by atoms with Crippen molar-refractivity contribution in [2.45, 2.75) is 71.8 Å². The monoisotopic (exact) mass is 441 g/mol. The van der Waals surface area contributed by atoms with Gasteiger partial charge in [-0.3, -0.25) is 0 Å². The second-order valence-electron chi connectivity index (χ2n) is 9.70. The van der Waals surface area contributed by atoms with Gasteiger partial charge in [0.05, 0.1) is 17.3 Å². The van der Waals surface area contributed by atoms with Gasteiger partial charge in [0.25, 0.3) is 0 Å². The fourth-order valence-corrected chi connectivity index (χ4v) is 3.84. The van der Waals surface area contributed by atoms with Gasteiger partial charge in [0.2, 0.25) is 0 Å². The molecule has 0 aromatic heterocycles. The van der Waals surface area contributed by atoms with Gasteiger partial charge in [-0.1, -0.05) is 24.3 Å². The Labute approximate surface area is 192 Å². The van der Waals surface area contributed by atoms with Crippen molar-refractivity contribution in [3.63, 3.8) is 0 Å². The molecule has 0 radical (unpaired) electrons. The number of hydrogen-bond donors (Lipinski definition) is 3. The molecular formula is C25H36BNO5. The van der Waals surface area contributed by atoms with Gasteiger partial charge in [-0.2, -0.15) is 0 Å². The summed E-state index contributed by atoms with van der Waals surface area (Å²) in [4.78, 5) is 0. The summed E-state index contributed by atoms with van der Waals surface area (Å²) in [5.74, 6) is 1.05. The molecule has 32 heavy (non-hydrogen) atoms. The first-order chi connectivity index (χ1) is 14.9. The Morgan fingerprint density at radius 2 is 1.53 bits per heavy atom. The van der Waals surface area contributed by atoms with Crippen molar-refractivity contribution < 1.29 is 24.3 Å². The lowest BCUT2D eigenvalue weighted by atomic mass is 9.77. The van der Waals surface area contributed by atoms with Crippen LogP contribution in [-0.4, -0.2) is 47.7 Å². The number of nitrogens with one attached hydrogen (secondary N) is 1. The minimum atomic E-state index is -0.668. The topological polar surface area (TPSA) is 80.2 Å². The Hall–Kier alpha value is -2.06. The molecule has 0 unspecified atom stereocenters. The molecule has 1 saturated heterocycles. The molecule has 3 N–H and O–H groups in total. The third kappa shape index (κ3) is 5.29.